The van der Waals surface area contributed by atoms with Gasteiger partial charge in [-0.05, 0) is 30.9 Å². The van der Waals surface area contributed by atoms with Crippen LogP contribution in [-0.2, 0) is 9.59 Å². The van der Waals surface area contributed by atoms with Crippen LogP contribution in [0.5, 0.6) is 0 Å². The third-order valence-electron chi connectivity index (χ3n) is 2.63. The van der Waals surface area contributed by atoms with Crippen molar-refractivity contribution in [1.82, 2.24) is 0 Å². The summed E-state index contributed by atoms with van der Waals surface area (Å²) in [6, 6.07) is 0. The fraction of sp³-hybridized carbons (Fsp3) is 0.455. The van der Waals surface area contributed by atoms with Gasteiger partial charge in [-0.2, -0.15) is 0 Å². The Balaban J connectivity index is 3.04. The smallest absolute Gasteiger partial charge is 0.310 e. The van der Waals surface area contributed by atoms with Crippen molar-refractivity contribution in [3.63, 3.8) is 0 Å². The number of rotatable bonds is 3. The number of carbonyl (C=O) groups excluding carboxylic acids is 1. The summed E-state index contributed by atoms with van der Waals surface area (Å²) in [5.74, 6) is -1.35. The van der Waals surface area contributed by atoms with Gasteiger partial charge in [-0.3, -0.25) is 9.59 Å². The van der Waals surface area contributed by atoms with Gasteiger partial charge in [0.1, 0.15) is 6.29 Å². The van der Waals surface area contributed by atoms with Crippen LogP contribution in [0.15, 0.2) is 22.8 Å². The normalized spacial score (nSPS) is 21.9. The monoisotopic (exact) mass is 194 g/mol. The molecule has 3 heteroatoms. The van der Waals surface area contributed by atoms with E-state index in [-0.39, 0.29) is 0 Å². The van der Waals surface area contributed by atoms with E-state index in [9.17, 15) is 9.59 Å². The van der Waals surface area contributed by atoms with Gasteiger partial charge in [0, 0.05) is 0 Å². The molecule has 0 aromatic heterocycles. The zero-order chi connectivity index (χ0) is 10.7. The molecule has 0 spiro atoms. The van der Waals surface area contributed by atoms with Crippen molar-refractivity contribution < 1.29 is 14.7 Å². The second-order valence-corrected chi connectivity index (χ2v) is 3.49. The van der Waals surface area contributed by atoms with E-state index in [1.54, 1.807) is 0 Å². The Labute approximate surface area is 83.1 Å². The molecule has 0 fully saturated rings. The van der Waals surface area contributed by atoms with Crippen molar-refractivity contribution in [1.29, 1.82) is 0 Å². The van der Waals surface area contributed by atoms with Gasteiger partial charge in [0.25, 0.3) is 0 Å². The van der Waals surface area contributed by atoms with E-state index in [2.05, 4.69) is 0 Å². The Kier molecular flexibility index (Phi) is 3.23. The number of carboxylic acid groups (broad SMARTS) is 1. The molecule has 0 saturated carbocycles. The molecule has 1 atom stereocenters. The van der Waals surface area contributed by atoms with Crippen LogP contribution in [0.3, 0.4) is 0 Å². The topological polar surface area (TPSA) is 54.4 Å². The lowest BCUT2D eigenvalue weighted by molar-refractivity contribution is -0.140. The molecule has 0 aromatic rings. The van der Waals surface area contributed by atoms with E-state index in [4.69, 9.17) is 5.11 Å². The fourth-order valence-corrected chi connectivity index (χ4v) is 1.72. The molecule has 76 valence electrons. The third-order valence-corrected chi connectivity index (χ3v) is 2.63. The number of carbonyl (C=O) groups is 2. The molecule has 0 aromatic carbocycles. The zero-order valence-electron chi connectivity index (χ0n) is 8.41. The maximum Gasteiger partial charge on any atom is 0.310 e. The van der Waals surface area contributed by atoms with Gasteiger partial charge in [-0.15, -0.1) is 0 Å². The van der Waals surface area contributed by atoms with E-state index < -0.39 is 11.9 Å². The van der Waals surface area contributed by atoms with Crippen molar-refractivity contribution >= 4 is 12.3 Å². The molecule has 0 bridgehead atoms. The van der Waals surface area contributed by atoms with Gasteiger partial charge in [-0.1, -0.05) is 18.6 Å². The van der Waals surface area contributed by atoms with Crippen LogP contribution >= 0.6 is 0 Å². The summed E-state index contributed by atoms with van der Waals surface area (Å²) >= 11 is 0. The lowest BCUT2D eigenvalue weighted by atomic mass is 9.83. The zero-order valence-corrected chi connectivity index (χ0v) is 8.41. The van der Waals surface area contributed by atoms with Crippen LogP contribution in [0.25, 0.3) is 0 Å². The van der Waals surface area contributed by atoms with E-state index in [0.29, 0.717) is 12.0 Å². The van der Waals surface area contributed by atoms with Crippen LogP contribution < -0.4 is 0 Å². The Morgan fingerprint density at radius 1 is 1.71 bits per heavy atom. The van der Waals surface area contributed by atoms with Crippen molar-refractivity contribution in [3.05, 3.63) is 22.8 Å². The van der Waals surface area contributed by atoms with E-state index in [1.165, 1.54) is 0 Å². The largest absolute Gasteiger partial charge is 0.481 e. The molecule has 0 saturated heterocycles. The predicted octanol–water partition coefficient (Wildman–Crippen LogP) is 1.94. The SMILES string of the molecule is CCC1=CC(C)=C(C=O)CC1C(=O)O. The minimum atomic E-state index is -0.843. The quantitative estimate of drug-likeness (QED) is 0.698. The molecule has 1 unspecified atom stereocenters. The summed E-state index contributed by atoms with van der Waals surface area (Å²) < 4.78 is 0. The molecule has 0 radical (unpaired) electrons. The van der Waals surface area contributed by atoms with Gasteiger partial charge < -0.3 is 5.11 Å². The van der Waals surface area contributed by atoms with Crippen LogP contribution in [0.2, 0.25) is 0 Å². The van der Waals surface area contributed by atoms with Crippen molar-refractivity contribution in [3.8, 4) is 0 Å². The molecule has 1 aliphatic carbocycles. The van der Waals surface area contributed by atoms with Crippen LogP contribution in [-0.4, -0.2) is 17.4 Å². The Hall–Kier alpha value is -1.38. The summed E-state index contributed by atoms with van der Waals surface area (Å²) in [4.78, 5) is 21.6. The molecule has 0 amide bonds. The number of hydrogen-bond acceptors (Lipinski definition) is 2. The third kappa shape index (κ3) is 1.92. The van der Waals surface area contributed by atoms with Gasteiger partial charge in [0.2, 0.25) is 0 Å². The highest BCUT2D eigenvalue weighted by Crippen LogP contribution is 2.30. The number of aldehydes is 1. The summed E-state index contributed by atoms with van der Waals surface area (Å²) in [7, 11) is 0. The maximum absolute atomic E-state index is 10.9. The summed E-state index contributed by atoms with van der Waals surface area (Å²) in [6.45, 7) is 3.78. The Morgan fingerprint density at radius 2 is 2.36 bits per heavy atom. The minimum Gasteiger partial charge on any atom is -0.481 e. The van der Waals surface area contributed by atoms with Crippen LogP contribution in [0.4, 0.5) is 0 Å². The van der Waals surface area contributed by atoms with Gasteiger partial charge in [0.15, 0.2) is 0 Å². The first-order valence-corrected chi connectivity index (χ1v) is 4.68. The van der Waals surface area contributed by atoms with E-state index in [0.717, 1.165) is 23.9 Å². The lowest BCUT2D eigenvalue weighted by Crippen LogP contribution is -2.20. The molecule has 1 aliphatic rings. The second kappa shape index (κ2) is 4.22. The summed E-state index contributed by atoms with van der Waals surface area (Å²) in [6.07, 6.45) is 3.64. The predicted molar refractivity (Wildman–Crippen MR) is 52.9 cm³/mol. The molecule has 1 rings (SSSR count). The molecule has 3 nitrogen and oxygen atoms in total. The average molecular weight is 194 g/mol. The first-order valence-electron chi connectivity index (χ1n) is 4.68. The Bertz CT molecular complexity index is 323. The van der Waals surface area contributed by atoms with Gasteiger partial charge >= 0.3 is 5.97 Å². The molecule has 14 heavy (non-hydrogen) atoms. The number of hydrogen-bond donors (Lipinski definition) is 1. The lowest BCUT2D eigenvalue weighted by Gasteiger charge is -2.21. The summed E-state index contributed by atoms with van der Waals surface area (Å²) in [5.41, 5.74) is 2.41. The molecule has 1 N–H and O–H groups in total. The first-order chi connectivity index (χ1) is 6.60. The molecule has 0 heterocycles. The van der Waals surface area contributed by atoms with Gasteiger partial charge in [-0.25, -0.2) is 0 Å². The highest BCUT2D eigenvalue weighted by Gasteiger charge is 2.26. The highest BCUT2D eigenvalue weighted by molar-refractivity contribution is 5.82. The Morgan fingerprint density at radius 3 is 2.79 bits per heavy atom. The van der Waals surface area contributed by atoms with Crippen LogP contribution in [0, 0.1) is 5.92 Å². The van der Waals surface area contributed by atoms with Gasteiger partial charge in [0.05, 0.1) is 5.92 Å². The van der Waals surface area contributed by atoms with Crippen molar-refractivity contribution in [2.24, 2.45) is 5.92 Å². The fourth-order valence-electron chi connectivity index (χ4n) is 1.72. The number of allylic oxidation sites excluding steroid dienone is 3. The van der Waals surface area contributed by atoms with Crippen molar-refractivity contribution in [2.45, 2.75) is 26.7 Å². The molecular formula is C11H14O3. The second-order valence-electron chi connectivity index (χ2n) is 3.49. The standard InChI is InChI=1S/C11H14O3/c1-3-8-4-7(2)9(6-12)5-10(8)11(13)14/h4,6,10H,3,5H2,1-2H3,(H,13,14). The average Bonchev–Trinajstić information content (AvgIpc) is 2.16. The summed E-state index contributed by atoms with van der Waals surface area (Å²) in [5, 5.41) is 8.96. The molecular weight excluding hydrogens is 180 g/mol. The van der Waals surface area contributed by atoms with Crippen molar-refractivity contribution in [2.75, 3.05) is 0 Å². The minimum absolute atomic E-state index is 0.338. The number of carboxylic acids is 1. The maximum atomic E-state index is 10.9. The van der Waals surface area contributed by atoms with Crippen LogP contribution in [0.1, 0.15) is 26.7 Å². The van der Waals surface area contributed by atoms with E-state index >= 15 is 0 Å². The highest BCUT2D eigenvalue weighted by atomic mass is 16.4. The first kappa shape index (κ1) is 10.7. The van der Waals surface area contributed by atoms with E-state index in [1.807, 2.05) is 19.9 Å². The molecule has 0 aliphatic heterocycles. The number of aliphatic carboxylic acids is 1.